The normalized spacial score (nSPS) is 19.4. The van der Waals surface area contributed by atoms with Crippen LogP contribution in [0.2, 0.25) is 0 Å². The predicted molar refractivity (Wildman–Crippen MR) is 82.1 cm³/mol. The van der Waals surface area contributed by atoms with Gasteiger partial charge in [0, 0.05) is 24.8 Å². The molecule has 0 spiro atoms. The van der Waals surface area contributed by atoms with Crippen LogP contribution in [0.3, 0.4) is 0 Å². The second-order valence-corrected chi connectivity index (χ2v) is 5.97. The number of anilines is 3. The van der Waals surface area contributed by atoms with Crippen LogP contribution in [0.5, 0.6) is 0 Å². The minimum absolute atomic E-state index is 0.0582. The first-order valence-electron chi connectivity index (χ1n) is 7.18. The third-order valence-corrected chi connectivity index (χ3v) is 4.41. The quantitative estimate of drug-likeness (QED) is 0.798. The Bertz CT molecular complexity index is 533. The zero-order valence-corrected chi connectivity index (χ0v) is 12.1. The molecule has 108 valence electrons. The second kappa shape index (κ2) is 4.98. The molecule has 0 atom stereocenters. The van der Waals surface area contributed by atoms with Gasteiger partial charge >= 0.3 is 0 Å². The first kappa shape index (κ1) is 13.2. The number of hydrogen-bond acceptors (Lipinski definition) is 4. The molecule has 5 nitrogen and oxygen atoms in total. The number of fused-ring (bicyclic) bond motifs is 1. The summed E-state index contributed by atoms with van der Waals surface area (Å²) in [6, 6.07) is 4.63. The molecule has 0 radical (unpaired) electrons. The number of piperidine rings is 1. The van der Waals surface area contributed by atoms with Gasteiger partial charge in [-0.05, 0) is 44.6 Å². The number of rotatable bonds is 2. The average Bonchev–Trinajstić information content (AvgIpc) is 2.77. The lowest BCUT2D eigenvalue weighted by molar-refractivity contribution is -0.115. The molecule has 0 aromatic heterocycles. The highest BCUT2D eigenvalue weighted by Crippen LogP contribution is 2.35. The van der Waals surface area contributed by atoms with Crippen molar-refractivity contribution in [1.82, 2.24) is 4.90 Å². The summed E-state index contributed by atoms with van der Waals surface area (Å²) in [6.07, 6.45) is 2.74. The van der Waals surface area contributed by atoms with Crippen LogP contribution in [0.4, 0.5) is 17.1 Å². The summed E-state index contributed by atoms with van der Waals surface area (Å²) >= 11 is 0. The molecule has 1 aromatic rings. The number of nitrogen functional groups attached to an aromatic ring is 1. The van der Waals surface area contributed by atoms with Crippen molar-refractivity contribution in [2.24, 2.45) is 0 Å². The molecule has 0 bridgehead atoms. The van der Waals surface area contributed by atoms with Crippen LogP contribution in [-0.4, -0.2) is 44.0 Å². The number of nitrogens with two attached hydrogens (primary N) is 1. The van der Waals surface area contributed by atoms with E-state index >= 15 is 0 Å². The maximum atomic E-state index is 11.4. The fourth-order valence-electron chi connectivity index (χ4n) is 3.18. The van der Waals surface area contributed by atoms with E-state index in [1.54, 1.807) is 0 Å². The Morgan fingerprint density at radius 1 is 1.30 bits per heavy atom. The smallest absolute Gasteiger partial charge is 0.228 e. The molecule has 0 unspecified atom stereocenters. The lowest BCUT2D eigenvalue weighted by Crippen LogP contribution is -2.42. The number of hydrogen-bond donors (Lipinski definition) is 2. The first-order chi connectivity index (χ1) is 9.54. The van der Waals surface area contributed by atoms with E-state index in [0.29, 0.717) is 12.5 Å². The zero-order valence-electron chi connectivity index (χ0n) is 12.1. The van der Waals surface area contributed by atoms with E-state index in [0.717, 1.165) is 48.6 Å². The molecule has 20 heavy (non-hydrogen) atoms. The lowest BCUT2D eigenvalue weighted by Gasteiger charge is -2.37. The molecule has 2 aliphatic rings. The SMILES string of the molecule is CN(C)C1CCN(c2cc3c(cc2N)CC(=O)N3)CC1. The topological polar surface area (TPSA) is 61.6 Å². The minimum Gasteiger partial charge on any atom is -0.397 e. The fourth-order valence-corrected chi connectivity index (χ4v) is 3.18. The van der Waals surface area contributed by atoms with Crippen LogP contribution in [0.25, 0.3) is 0 Å². The van der Waals surface area contributed by atoms with E-state index in [1.807, 2.05) is 12.1 Å². The highest BCUT2D eigenvalue weighted by atomic mass is 16.1. The van der Waals surface area contributed by atoms with Crippen molar-refractivity contribution in [1.29, 1.82) is 0 Å². The third kappa shape index (κ3) is 2.33. The summed E-state index contributed by atoms with van der Waals surface area (Å²) in [5, 5.41) is 2.90. The number of carbonyl (C=O) groups excluding carboxylic acids is 1. The minimum atomic E-state index is 0.0582. The molecule has 2 aliphatic heterocycles. The summed E-state index contributed by atoms with van der Waals surface area (Å²) in [5.74, 6) is 0.0582. The van der Waals surface area contributed by atoms with E-state index < -0.39 is 0 Å². The fraction of sp³-hybridized carbons (Fsp3) is 0.533. The van der Waals surface area contributed by atoms with E-state index in [1.165, 1.54) is 0 Å². The first-order valence-corrected chi connectivity index (χ1v) is 7.18. The molecule has 1 fully saturated rings. The number of carbonyl (C=O) groups is 1. The Labute approximate surface area is 119 Å². The summed E-state index contributed by atoms with van der Waals surface area (Å²) < 4.78 is 0. The summed E-state index contributed by atoms with van der Waals surface area (Å²) in [4.78, 5) is 16.1. The van der Waals surface area contributed by atoms with Crippen LogP contribution in [0.15, 0.2) is 12.1 Å². The Hall–Kier alpha value is -1.75. The maximum absolute atomic E-state index is 11.4. The Balaban J connectivity index is 1.79. The van der Waals surface area contributed by atoms with Gasteiger partial charge in [-0.2, -0.15) is 0 Å². The van der Waals surface area contributed by atoms with E-state index in [4.69, 9.17) is 5.73 Å². The highest BCUT2D eigenvalue weighted by molar-refractivity contribution is 6.00. The Morgan fingerprint density at radius 2 is 2.00 bits per heavy atom. The van der Waals surface area contributed by atoms with Gasteiger partial charge in [-0.3, -0.25) is 4.79 Å². The van der Waals surface area contributed by atoms with Crippen LogP contribution >= 0.6 is 0 Å². The lowest BCUT2D eigenvalue weighted by atomic mass is 10.0. The van der Waals surface area contributed by atoms with Gasteiger partial charge in [0.05, 0.1) is 17.8 Å². The van der Waals surface area contributed by atoms with Gasteiger partial charge in [-0.25, -0.2) is 0 Å². The van der Waals surface area contributed by atoms with Crippen molar-refractivity contribution in [3.63, 3.8) is 0 Å². The molecule has 0 saturated carbocycles. The van der Waals surface area contributed by atoms with Crippen LogP contribution in [0, 0.1) is 0 Å². The van der Waals surface area contributed by atoms with Gasteiger partial charge in [0.15, 0.2) is 0 Å². The van der Waals surface area contributed by atoms with Gasteiger partial charge in [-0.1, -0.05) is 0 Å². The number of nitrogens with zero attached hydrogens (tertiary/aromatic N) is 2. The van der Waals surface area contributed by atoms with E-state index in [9.17, 15) is 4.79 Å². The van der Waals surface area contributed by atoms with Crippen molar-refractivity contribution in [3.05, 3.63) is 17.7 Å². The predicted octanol–water partition coefficient (Wildman–Crippen LogP) is 1.29. The second-order valence-electron chi connectivity index (χ2n) is 5.97. The number of nitrogens with one attached hydrogen (secondary N) is 1. The monoisotopic (exact) mass is 274 g/mol. The standard InChI is InChI=1S/C15H22N4O/c1-18(2)11-3-5-19(6-4-11)14-9-13-10(7-12(14)16)8-15(20)17-13/h7,9,11H,3-6,8,16H2,1-2H3,(H,17,20). The van der Waals surface area contributed by atoms with Gasteiger partial charge < -0.3 is 20.9 Å². The van der Waals surface area contributed by atoms with Crippen molar-refractivity contribution >= 4 is 23.0 Å². The van der Waals surface area contributed by atoms with Gasteiger partial charge in [0.25, 0.3) is 0 Å². The molecule has 1 saturated heterocycles. The van der Waals surface area contributed by atoms with Crippen molar-refractivity contribution in [2.75, 3.05) is 43.1 Å². The Morgan fingerprint density at radius 3 is 2.65 bits per heavy atom. The largest absolute Gasteiger partial charge is 0.397 e. The van der Waals surface area contributed by atoms with Gasteiger partial charge in [0.2, 0.25) is 5.91 Å². The molecule has 1 amide bonds. The number of amides is 1. The Kier molecular flexibility index (Phi) is 3.30. The summed E-state index contributed by atoms with van der Waals surface area (Å²) in [6.45, 7) is 2.03. The average molecular weight is 274 g/mol. The summed E-state index contributed by atoms with van der Waals surface area (Å²) in [5.41, 5.74) is 9.95. The van der Waals surface area contributed by atoms with Crippen molar-refractivity contribution in [2.45, 2.75) is 25.3 Å². The van der Waals surface area contributed by atoms with Crippen molar-refractivity contribution in [3.8, 4) is 0 Å². The molecule has 0 aliphatic carbocycles. The molecule has 3 rings (SSSR count). The van der Waals surface area contributed by atoms with E-state index in [-0.39, 0.29) is 5.91 Å². The van der Waals surface area contributed by atoms with Gasteiger partial charge in [0.1, 0.15) is 0 Å². The number of benzene rings is 1. The third-order valence-electron chi connectivity index (χ3n) is 4.41. The molecule has 5 heteroatoms. The van der Waals surface area contributed by atoms with Gasteiger partial charge in [-0.15, -0.1) is 0 Å². The van der Waals surface area contributed by atoms with Crippen LogP contribution in [0.1, 0.15) is 18.4 Å². The van der Waals surface area contributed by atoms with Crippen molar-refractivity contribution < 1.29 is 4.79 Å². The van der Waals surface area contributed by atoms with Crippen LogP contribution < -0.4 is 16.0 Å². The molecule has 3 N–H and O–H groups in total. The molecular weight excluding hydrogens is 252 g/mol. The molecule has 1 aromatic carbocycles. The molecular formula is C15H22N4O. The maximum Gasteiger partial charge on any atom is 0.228 e. The zero-order chi connectivity index (χ0) is 14.3. The molecule has 2 heterocycles. The van der Waals surface area contributed by atoms with Crippen LogP contribution in [-0.2, 0) is 11.2 Å². The van der Waals surface area contributed by atoms with E-state index in [2.05, 4.69) is 29.2 Å². The highest BCUT2D eigenvalue weighted by Gasteiger charge is 2.25. The summed E-state index contributed by atoms with van der Waals surface area (Å²) in [7, 11) is 4.28.